The standard InChI is InChI=1S/C19H24N2O4S/c1-4-15-12(3)26-19(16(15)17(20)22)21-18(23)13-7-6-8-14(11-13)25-10-9-24-5-2/h6-8,11H,4-5,9-10H2,1-3H3,(H2,20,22)(H,21,23). The Morgan fingerprint density at radius 2 is 2.00 bits per heavy atom. The third-order valence-electron chi connectivity index (χ3n) is 3.83. The summed E-state index contributed by atoms with van der Waals surface area (Å²) in [5.41, 5.74) is 7.23. The summed E-state index contributed by atoms with van der Waals surface area (Å²) in [6.07, 6.45) is 0.680. The highest BCUT2D eigenvalue weighted by molar-refractivity contribution is 7.16. The van der Waals surface area contributed by atoms with E-state index in [0.717, 1.165) is 10.4 Å². The molecule has 0 aliphatic carbocycles. The first-order chi connectivity index (χ1) is 12.5. The molecule has 6 nitrogen and oxygen atoms in total. The van der Waals surface area contributed by atoms with E-state index in [1.807, 2.05) is 20.8 Å². The lowest BCUT2D eigenvalue weighted by Gasteiger charge is -2.09. The topological polar surface area (TPSA) is 90.7 Å². The number of nitrogens with two attached hydrogens (primary N) is 1. The number of primary amides is 1. The summed E-state index contributed by atoms with van der Waals surface area (Å²) in [6, 6.07) is 6.88. The number of rotatable bonds is 9. The molecular formula is C19H24N2O4S. The van der Waals surface area contributed by atoms with E-state index < -0.39 is 5.91 Å². The van der Waals surface area contributed by atoms with Crippen LogP contribution in [0.4, 0.5) is 5.00 Å². The fraction of sp³-hybridized carbons (Fsp3) is 0.368. The van der Waals surface area contributed by atoms with Gasteiger partial charge in [-0.1, -0.05) is 13.0 Å². The van der Waals surface area contributed by atoms with Crippen LogP contribution in [0.25, 0.3) is 0 Å². The Morgan fingerprint density at radius 3 is 2.65 bits per heavy atom. The minimum Gasteiger partial charge on any atom is -0.491 e. The zero-order valence-corrected chi connectivity index (χ0v) is 16.1. The van der Waals surface area contributed by atoms with Gasteiger partial charge < -0.3 is 20.5 Å². The molecule has 2 amide bonds. The number of hydrogen-bond donors (Lipinski definition) is 2. The van der Waals surface area contributed by atoms with Crippen LogP contribution >= 0.6 is 11.3 Å². The van der Waals surface area contributed by atoms with Gasteiger partial charge in [0.2, 0.25) is 0 Å². The lowest BCUT2D eigenvalue weighted by Crippen LogP contribution is -2.18. The van der Waals surface area contributed by atoms with Crippen molar-refractivity contribution in [2.75, 3.05) is 25.1 Å². The van der Waals surface area contributed by atoms with Crippen molar-refractivity contribution in [3.05, 3.63) is 45.8 Å². The van der Waals surface area contributed by atoms with E-state index in [1.54, 1.807) is 24.3 Å². The molecule has 0 bridgehead atoms. The number of hydrogen-bond acceptors (Lipinski definition) is 5. The van der Waals surface area contributed by atoms with Crippen LogP contribution in [0.1, 0.15) is 45.0 Å². The average molecular weight is 376 g/mol. The molecule has 2 aromatic rings. The Bertz CT molecular complexity index is 786. The number of carbonyl (C=O) groups excluding carboxylic acids is 2. The molecule has 3 N–H and O–H groups in total. The first-order valence-corrected chi connectivity index (χ1v) is 9.33. The van der Waals surface area contributed by atoms with Crippen molar-refractivity contribution < 1.29 is 19.1 Å². The van der Waals surface area contributed by atoms with Gasteiger partial charge >= 0.3 is 0 Å². The molecule has 140 valence electrons. The van der Waals surface area contributed by atoms with Gasteiger partial charge in [-0.2, -0.15) is 0 Å². The number of aryl methyl sites for hydroxylation is 1. The Kier molecular flexibility index (Phi) is 7.17. The van der Waals surface area contributed by atoms with Crippen LogP contribution < -0.4 is 15.8 Å². The van der Waals surface area contributed by atoms with E-state index in [2.05, 4.69) is 5.32 Å². The second-order valence-electron chi connectivity index (χ2n) is 5.59. The Balaban J connectivity index is 2.14. The normalized spacial score (nSPS) is 10.6. The van der Waals surface area contributed by atoms with Crippen LogP contribution in [0, 0.1) is 6.92 Å². The quantitative estimate of drug-likeness (QED) is 0.656. The molecular weight excluding hydrogens is 352 g/mol. The monoisotopic (exact) mass is 376 g/mol. The Morgan fingerprint density at radius 1 is 1.23 bits per heavy atom. The van der Waals surface area contributed by atoms with Crippen LogP contribution in [0.3, 0.4) is 0 Å². The predicted molar refractivity (Wildman–Crippen MR) is 103 cm³/mol. The van der Waals surface area contributed by atoms with Crippen molar-refractivity contribution in [1.82, 2.24) is 0 Å². The summed E-state index contributed by atoms with van der Waals surface area (Å²) in [4.78, 5) is 25.4. The molecule has 0 saturated carbocycles. The van der Waals surface area contributed by atoms with Crippen LogP contribution in [-0.4, -0.2) is 31.6 Å². The summed E-state index contributed by atoms with van der Waals surface area (Å²) in [5.74, 6) is -0.259. The first kappa shape index (κ1) is 19.9. The molecule has 0 aliphatic heterocycles. The molecule has 7 heteroatoms. The van der Waals surface area contributed by atoms with Gasteiger partial charge in [0.15, 0.2) is 0 Å². The van der Waals surface area contributed by atoms with Gasteiger partial charge in [-0.15, -0.1) is 11.3 Å². The lowest BCUT2D eigenvalue weighted by atomic mass is 10.1. The molecule has 1 aromatic carbocycles. The highest BCUT2D eigenvalue weighted by Gasteiger charge is 2.21. The van der Waals surface area contributed by atoms with Gasteiger partial charge in [0.25, 0.3) is 11.8 Å². The highest BCUT2D eigenvalue weighted by atomic mass is 32.1. The molecule has 0 spiro atoms. The van der Waals surface area contributed by atoms with E-state index in [-0.39, 0.29) is 5.91 Å². The fourth-order valence-electron chi connectivity index (χ4n) is 2.62. The summed E-state index contributed by atoms with van der Waals surface area (Å²) >= 11 is 1.36. The average Bonchev–Trinajstić information content (AvgIpc) is 2.94. The SMILES string of the molecule is CCOCCOc1cccc(C(=O)Nc2sc(C)c(CC)c2C(N)=O)c1. The Hall–Kier alpha value is -2.38. The number of anilines is 1. The van der Waals surface area contributed by atoms with Crippen molar-refractivity contribution in [3.63, 3.8) is 0 Å². The third-order valence-corrected chi connectivity index (χ3v) is 4.90. The van der Waals surface area contributed by atoms with Crippen molar-refractivity contribution >= 4 is 28.2 Å². The zero-order valence-electron chi connectivity index (χ0n) is 15.3. The molecule has 0 radical (unpaired) electrons. The van der Waals surface area contributed by atoms with Crippen molar-refractivity contribution in [3.8, 4) is 5.75 Å². The minimum absolute atomic E-state index is 0.313. The van der Waals surface area contributed by atoms with Crippen molar-refractivity contribution in [2.45, 2.75) is 27.2 Å². The van der Waals surface area contributed by atoms with E-state index in [9.17, 15) is 9.59 Å². The number of nitrogens with one attached hydrogen (secondary N) is 1. The van der Waals surface area contributed by atoms with Crippen LogP contribution in [-0.2, 0) is 11.2 Å². The molecule has 0 aliphatic rings. The molecule has 1 heterocycles. The molecule has 26 heavy (non-hydrogen) atoms. The maximum absolute atomic E-state index is 12.6. The van der Waals surface area contributed by atoms with Crippen molar-refractivity contribution in [1.29, 1.82) is 0 Å². The minimum atomic E-state index is -0.533. The van der Waals surface area contributed by atoms with Gasteiger partial charge in [-0.05, 0) is 44.0 Å². The zero-order chi connectivity index (χ0) is 19.1. The largest absolute Gasteiger partial charge is 0.491 e. The van der Waals surface area contributed by atoms with Crippen LogP contribution in [0.15, 0.2) is 24.3 Å². The smallest absolute Gasteiger partial charge is 0.256 e. The maximum Gasteiger partial charge on any atom is 0.256 e. The number of ether oxygens (including phenoxy) is 2. The molecule has 0 saturated heterocycles. The summed E-state index contributed by atoms with van der Waals surface area (Å²) in [7, 11) is 0. The van der Waals surface area contributed by atoms with Gasteiger partial charge in [0.1, 0.15) is 17.4 Å². The summed E-state index contributed by atoms with van der Waals surface area (Å²) in [5, 5.41) is 3.29. The fourth-order valence-corrected chi connectivity index (χ4v) is 3.76. The number of thiophene rings is 1. The van der Waals surface area contributed by atoms with Gasteiger partial charge in [0.05, 0.1) is 12.2 Å². The summed E-state index contributed by atoms with van der Waals surface area (Å²) < 4.78 is 10.8. The van der Waals surface area contributed by atoms with E-state index in [1.165, 1.54) is 11.3 Å². The third kappa shape index (κ3) is 4.83. The summed E-state index contributed by atoms with van der Waals surface area (Å²) in [6.45, 7) is 7.32. The van der Waals surface area contributed by atoms with Gasteiger partial charge in [-0.3, -0.25) is 9.59 Å². The molecule has 0 atom stereocenters. The number of amides is 2. The van der Waals surface area contributed by atoms with E-state index in [0.29, 0.717) is 48.1 Å². The second-order valence-corrected chi connectivity index (χ2v) is 6.81. The van der Waals surface area contributed by atoms with Gasteiger partial charge in [-0.25, -0.2) is 0 Å². The number of carbonyl (C=O) groups is 2. The second kappa shape index (κ2) is 9.35. The Labute approximate surface area is 157 Å². The first-order valence-electron chi connectivity index (χ1n) is 8.51. The highest BCUT2D eigenvalue weighted by Crippen LogP contribution is 2.33. The van der Waals surface area contributed by atoms with E-state index >= 15 is 0 Å². The molecule has 1 aromatic heterocycles. The maximum atomic E-state index is 12.6. The molecule has 0 unspecified atom stereocenters. The van der Waals surface area contributed by atoms with Gasteiger partial charge in [0, 0.05) is 17.0 Å². The molecule has 0 fully saturated rings. The lowest BCUT2D eigenvalue weighted by molar-refractivity contribution is 0.100. The molecule has 2 rings (SSSR count). The van der Waals surface area contributed by atoms with Crippen molar-refractivity contribution in [2.24, 2.45) is 5.73 Å². The van der Waals surface area contributed by atoms with Crippen LogP contribution in [0.2, 0.25) is 0 Å². The number of benzene rings is 1. The predicted octanol–water partition coefficient (Wildman–Crippen LogP) is 3.39. The van der Waals surface area contributed by atoms with E-state index in [4.69, 9.17) is 15.2 Å². The van der Waals surface area contributed by atoms with Crippen LogP contribution in [0.5, 0.6) is 5.75 Å².